The van der Waals surface area contributed by atoms with Gasteiger partial charge in [0.15, 0.2) is 0 Å². The molecule has 1 aliphatic carbocycles. The molecule has 1 saturated carbocycles. The molecule has 0 spiro atoms. The van der Waals surface area contributed by atoms with Crippen molar-refractivity contribution < 1.29 is 14.6 Å². The normalized spacial score (nSPS) is 21.3. The van der Waals surface area contributed by atoms with E-state index >= 15 is 0 Å². The third-order valence-corrected chi connectivity index (χ3v) is 3.03. The number of esters is 1. The number of nitrogens with one attached hydrogen (secondary N) is 1. The second-order valence-corrected chi connectivity index (χ2v) is 4.26. The largest absolute Gasteiger partial charge is 0.465 e. The monoisotopic (exact) mass is 215 g/mol. The molecule has 0 heterocycles. The van der Waals surface area contributed by atoms with Gasteiger partial charge < -0.3 is 9.84 Å². The van der Waals surface area contributed by atoms with Gasteiger partial charge in [0.1, 0.15) is 6.04 Å². The summed E-state index contributed by atoms with van der Waals surface area (Å²) in [7, 11) is 0. The zero-order valence-corrected chi connectivity index (χ0v) is 9.58. The minimum Gasteiger partial charge on any atom is -0.465 e. The van der Waals surface area contributed by atoms with E-state index in [2.05, 4.69) is 5.32 Å². The molecule has 0 amide bonds. The Labute approximate surface area is 91.0 Å². The molecule has 2 N–H and O–H groups in total. The number of hydrogen-bond donors (Lipinski definition) is 2. The Morgan fingerprint density at radius 3 is 2.60 bits per heavy atom. The van der Waals surface area contributed by atoms with E-state index in [-0.39, 0.29) is 24.2 Å². The van der Waals surface area contributed by atoms with Gasteiger partial charge in [0, 0.05) is 5.54 Å². The summed E-state index contributed by atoms with van der Waals surface area (Å²) in [4.78, 5) is 11.4. The Morgan fingerprint density at radius 2 is 2.13 bits per heavy atom. The zero-order valence-electron chi connectivity index (χ0n) is 9.58. The van der Waals surface area contributed by atoms with Crippen LogP contribution in [-0.2, 0) is 9.53 Å². The molecule has 0 aromatic rings. The first-order valence-electron chi connectivity index (χ1n) is 5.69. The molecule has 0 aromatic carbocycles. The van der Waals surface area contributed by atoms with Crippen molar-refractivity contribution in [2.45, 2.75) is 51.1 Å². The van der Waals surface area contributed by atoms with E-state index in [1.54, 1.807) is 13.8 Å². The number of ether oxygens (including phenoxy) is 1. The third-order valence-electron chi connectivity index (χ3n) is 3.03. The van der Waals surface area contributed by atoms with Crippen molar-refractivity contribution in [3.8, 4) is 0 Å². The maximum absolute atomic E-state index is 11.4. The highest BCUT2D eigenvalue weighted by molar-refractivity contribution is 5.75. The molecule has 1 atom stereocenters. The molecule has 1 rings (SSSR count). The van der Waals surface area contributed by atoms with E-state index in [0.29, 0.717) is 6.61 Å². The van der Waals surface area contributed by atoms with Crippen LogP contribution < -0.4 is 5.32 Å². The van der Waals surface area contributed by atoms with Crippen LogP contribution in [0.25, 0.3) is 0 Å². The average Bonchev–Trinajstić information content (AvgIpc) is 2.67. The van der Waals surface area contributed by atoms with E-state index in [0.717, 1.165) is 25.7 Å². The SMILES string of the molecule is CCOC(=O)C(C)NC1(CO)CCCC1. The highest BCUT2D eigenvalue weighted by Gasteiger charge is 2.35. The quantitative estimate of drug-likeness (QED) is 0.667. The van der Waals surface area contributed by atoms with E-state index < -0.39 is 0 Å². The summed E-state index contributed by atoms with van der Waals surface area (Å²) in [6, 6.07) is -0.338. The molecule has 0 bridgehead atoms. The lowest BCUT2D eigenvalue weighted by Crippen LogP contribution is -2.53. The maximum atomic E-state index is 11.4. The summed E-state index contributed by atoms with van der Waals surface area (Å²) in [5.74, 6) is -0.239. The van der Waals surface area contributed by atoms with Gasteiger partial charge >= 0.3 is 5.97 Å². The molecular formula is C11H21NO3. The van der Waals surface area contributed by atoms with Gasteiger partial charge in [-0.05, 0) is 26.7 Å². The number of carbonyl (C=O) groups is 1. The van der Waals surface area contributed by atoms with E-state index in [4.69, 9.17) is 4.74 Å². The number of hydrogen-bond acceptors (Lipinski definition) is 4. The molecule has 1 unspecified atom stereocenters. The van der Waals surface area contributed by atoms with Crippen molar-refractivity contribution in [3.63, 3.8) is 0 Å². The van der Waals surface area contributed by atoms with Crippen molar-refractivity contribution in [2.24, 2.45) is 0 Å². The molecule has 0 aliphatic heterocycles. The van der Waals surface area contributed by atoms with E-state index in [1.165, 1.54) is 0 Å². The third kappa shape index (κ3) is 3.18. The van der Waals surface area contributed by atoms with Crippen LogP contribution in [-0.4, -0.2) is 35.9 Å². The van der Waals surface area contributed by atoms with E-state index in [9.17, 15) is 9.90 Å². The predicted molar refractivity (Wildman–Crippen MR) is 57.5 cm³/mol. The summed E-state index contributed by atoms with van der Waals surface area (Å²) in [6.45, 7) is 4.07. The van der Waals surface area contributed by atoms with Gasteiger partial charge in [-0.25, -0.2) is 0 Å². The first-order chi connectivity index (χ1) is 7.13. The first-order valence-corrected chi connectivity index (χ1v) is 5.69. The Hall–Kier alpha value is -0.610. The van der Waals surface area contributed by atoms with Crippen molar-refractivity contribution in [2.75, 3.05) is 13.2 Å². The molecule has 15 heavy (non-hydrogen) atoms. The fraction of sp³-hybridized carbons (Fsp3) is 0.909. The Bertz CT molecular complexity index is 212. The summed E-state index contributed by atoms with van der Waals surface area (Å²) >= 11 is 0. The van der Waals surface area contributed by atoms with E-state index in [1.807, 2.05) is 0 Å². The Morgan fingerprint density at radius 1 is 1.53 bits per heavy atom. The lowest BCUT2D eigenvalue weighted by molar-refractivity contribution is -0.145. The molecule has 0 saturated heterocycles. The highest BCUT2D eigenvalue weighted by Crippen LogP contribution is 2.29. The fourth-order valence-corrected chi connectivity index (χ4v) is 2.19. The van der Waals surface area contributed by atoms with Crippen LogP contribution in [0.5, 0.6) is 0 Å². The standard InChI is InChI=1S/C11H21NO3/c1-3-15-10(14)9(2)12-11(8-13)6-4-5-7-11/h9,12-13H,3-8H2,1-2H3. The molecule has 1 aliphatic rings. The van der Waals surface area contributed by atoms with Gasteiger partial charge in [0.2, 0.25) is 0 Å². The number of aliphatic hydroxyl groups excluding tert-OH is 1. The molecule has 4 nitrogen and oxygen atoms in total. The van der Waals surface area contributed by atoms with Crippen LogP contribution in [0.2, 0.25) is 0 Å². The topological polar surface area (TPSA) is 58.6 Å². The number of carbonyl (C=O) groups excluding carboxylic acids is 1. The van der Waals surface area contributed by atoms with Crippen molar-refractivity contribution in [3.05, 3.63) is 0 Å². The zero-order chi connectivity index (χ0) is 11.3. The smallest absolute Gasteiger partial charge is 0.322 e. The predicted octanol–water partition coefficient (Wildman–Crippen LogP) is 0.833. The second kappa shape index (κ2) is 5.47. The Balaban J connectivity index is 2.47. The average molecular weight is 215 g/mol. The number of rotatable bonds is 5. The van der Waals surface area contributed by atoms with Gasteiger partial charge in [0.25, 0.3) is 0 Å². The van der Waals surface area contributed by atoms with Crippen LogP contribution in [0.15, 0.2) is 0 Å². The lowest BCUT2D eigenvalue weighted by Gasteiger charge is -2.30. The Kier molecular flexibility index (Phi) is 4.54. The van der Waals surface area contributed by atoms with Crippen LogP contribution >= 0.6 is 0 Å². The molecule has 0 aromatic heterocycles. The summed E-state index contributed by atoms with van der Waals surface area (Å²) in [6.07, 6.45) is 4.10. The van der Waals surface area contributed by atoms with Crippen molar-refractivity contribution in [1.82, 2.24) is 5.32 Å². The van der Waals surface area contributed by atoms with Crippen LogP contribution in [0.4, 0.5) is 0 Å². The molecular weight excluding hydrogens is 194 g/mol. The summed E-state index contributed by atoms with van der Waals surface area (Å²) in [5.41, 5.74) is -0.258. The van der Waals surface area contributed by atoms with Gasteiger partial charge in [-0.1, -0.05) is 12.8 Å². The van der Waals surface area contributed by atoms with Crippen LogP contribution in [0.1, 0.15) is 39.5 Å². The minimum atomic E-state index is -0.338. The van der Waals surface area contributed by atoms with Crippen LogP contribution in [0, 0.1) is 0 Å². The van der Waals surface area contributed by atoms with Crippen LogP contribution in [0.3, 0.4) is 0 Å². The minimum absolute atomic E-state index is 0.0940. The van der Waals surface area contributed by atoms with Gasteiger partial charge in [-0.15, -0.1) is 0 Å². The fourth-order valence-electron chi connectivity index (χ4n) is 2.19. The first kappa shape index (κ1) is 12.5. The maximum Gasteiger partial charge on any atom is 0.322 e. The van der Waals surface area contributed by atoms with Gasteiger partial charge in [-0.3, -0.25) is 10.1 Å². The summed E-state index contributed by atoms with van der Waals surface area (Å²) < 4.78 is 4.92. The van der Waals surface area contributed by atoms with Crippen molar-refractivity contribution in [1.29, 1.82) is 0 Å². The second-order valence-electron chi connectivity index (χ2n) is 4.26. The molecule has 88 valence electrons. The number of aliphatic hydroxyl groups is 1. The molecule has 1 fully saturated rings. The highest BCUT2D eigenvalue weighted by atomic mass is 16.5. The van der Waals surface area contributed by atoms with Gasteiger partial charge in [-0.2, -0.15) is 0 Å². The lowest BCUT2D eigenvalue weighted by atomic mass is 9.98. The molecule has 4 heteroatoms. The summed E-state index contributed by atoms with van der Waals surface area (Å²) in [5, 5.41) is 12.6. The van der Waals surface area contributed by atoms with Gasteiger partial charge in [0.05, 0.1) is 13.2 Å². The molecule has 0 radical (unpaired) electrons. The van der Waals surface area contributed by atoms with Crippen molar-refractivity contribution >= 4 is 5.97 Å².